The number of hydrogen-bond acceptors (Lipinski definition) is 5. The first-order chi connectivity index (χ1) is 23.2. The normalized spacial score (nSPS) is 11.7. The molecule has 10 heteroatoms. The summed E-state index contributed by atoms with van der Waals surface area (Å²) >= 11 is 13.6. The van der Waals surface area contributed by atoms with Crippen molar-refractivity contribution in [3.05, 3.63) is 160 Å². The predicted molar refractivity (Wildman–Crippen MR) is 195 cm³/mol. The highest BCUT2D eigenvalue weighted by molar-refractivity contribution is 8.00. The summed E-state index contributed by atoms with van der Waals surface area (Å²) in [7, 11) is 0. The highest BCUT2D eigenvalue weighted by Crippen LogP contribution is 2.29. The van der Waals surface area contributed by atoms with Gasteiger partial charge in [0.2, 0.25) is 5.91 Å². The minimum Gasteiger partial charge on any atom is -0.489 e. The fourth-order valence-corrected chi connectivity index (χ4v) is 5.70. The van der Waals surface area contributed by atoms with Crippen LogP contribution in [0.25, 0.3) is 6.08 Å². The molecule has 48 heavy (non-hydrogen) atoms. The first kappa shape index (κ1) is 34.3. The maximum absolute atomic E-state index is 13.6. The predicted octanol–water partition coefficient (Wildman–Crippen LogP) is 9.10. The van der Waals surface area contributed by atoms with Crippen molar-refractivity contribution in [1.82, 2.24) is 5.32 Å². The number of benzene rings is 5. The van der Waals surface area contributed by atoms with E-state index in [4.69, 9.17) is 27.9 Å². The van der Waals surface area contributed by atoms with Crippen LogP contribution in [0.1, 0.15) is 28.4 Å². The van der Waals surface area contributed by atoms with Crippen molar-refractivity contribution in [1.29, 1.82) is 0 Å². The van der Waals surface area contributed by atoms with Crippen LogP contribution >= 0.6 is 35.0 Å². The zero-order valence-corrected chi connectivity index (χ0v) is 28.1. The van der Waals surface area contributed by atoms with E-state index < -0.39 is 17.1 Å². The van der Waals surface area contributed by atoms with Gasteiger partial charge in [-0.3, -0.25) is 14.4 Å². The largest absolute Gasteiger partial charge is 0.489 e. The Balaban J connectivity index is 1.28. The van der Waals surface area contributed by atoms with Gasteiger partial charge in [0.05, 0.1) is 16.0 Å². The Bertz CT molecular complexity index is 1920. The van der Waals surface area contributed by atoms with Crippen LogP contribution in [0.2, 0.25) is 10.0 Å². The number of halogens is 2. The maximum Gasteiger partial charge on any atom is 0.272 e. The summed E-state index contributed by atoms with van der Waals surface area (Å²) in [6.07, 6.45) is 1.60. The summed E-state index contributed by atoms with van der Waals surface area (Å²) in [5.41, 5.74) is 3.10. The number of amides is 3. The first-order valence-corrected chi connectivity index (χ1v) is 16.6. The molecule has 0 saturated heterocycles. The lowest BCUT2D eigenvalue weighted by Gasteiger charge is -2.15. The highest BCUT2D eigenvalue weighted by Gasteiger charge is 2.18. The zero-order valence-electron chi connectivity index (χ0n) is 25.8. The summed E-state index contributed by atoms with van der Waals surface area (Å²) < 4.78 is 5.89. The van der Waals surface area contributed by atoms with E-state index in [9.17, 15) is 14.4 Å². The average Bonchev–Trinajstić information content (AvgIpc) is 3.10. The van der Waals surface area contributed by atoms with Gasteiger partial charge in [0.15, 0.2) is 0 Å². The van der Waals surface area contributed by atoms with E-state index in [0.717, 1.165) is 10.5 Å². The van der Waals surface area contributed by atoms with Crippen LogP contribution in [0.3, 0.4) is 0 Å². The lowest BCUT2D eigenvalue weighted by atomic mass is 10.1. The van der Waals surface area contributed by atoms with Crippen LogP contribution in [0.15, 0.2) is 138 Å². The number of anilines is 2. The van der Waals surface area contributed by atoms with E-state index in [1.807, 2.05) is 66.7 Å². The number of nitrogens with one attached hydrogen (secondary N) is 3. The molecule has 3 amide bonds. The number of carbonyl (C=O) groups is 3. The second-order valence-corrected chi connectivity index (χ2v) is 12.8. The molecule has 0 spiro atoms. The third-order valence-corrected chi connectivity index (χ3v) is 8.59. The van der Waals surface area contributed by atoms with Crippen molar-refractivity contribution >= 4 is 70.1 Å². The third kappa shape index (κ3) is 9.99. The quantitative estimate of drug-likeness (QED) is 0.0894. The Morgan fingerprint density at radius 3 is 2.23 bits per heavy atom. The van der Waals surface area contributed by atoms with Gasteiger partial charge in [0.25, 0.3) is 11.8 Å². The summed E-state index contributed by atoms with van der Waals surface area (Å²) in [6, 6.07) is 37.7. The van der Waals surface area contributed by atoms with Gasteiger partial charge < -0.3 is 20.7 Å². The van der Waals surface area contributed by atoms with Crippen LogP contribution < -0.4 is 20.7 Å². The molecule has 0 aromatic heterocycles. The molecule has 5 aromatic carbocycles. The molecule has 0 fully saturated rings. The maximum atomic E-state index is 13.6. The molecule has 0 bridgehead atoms. The van der Waals surface area contributed by atoms with E-state index in [0.29, 0.717) is 44.9 Å². The Labute approximate surface area is 293 Å². The molecule has 1 atom stereocenters. The molecule has 0 heterocycles. The van der Waals surface area contributed by atoms with Crippen LogP contribution in [0.4, 0.5) is 11.4 Å². The lowest BCUT2D eigenvalue weighted by molar-refractivity contribution is -0.115. The fourth-order valence-electron chi connectivity index (χ4n) is 4.44. The SMILES string of the molecule is CC(Sc1cccc(NC(=O)/C(=C\c2ccc(OCc3ccccc3)cc2)NC(=O)c2ccccc2)c1)C(=O)Nc1cc(Cl)ccc1Cl. The van der Waals surface area contributed by atoms with E-state index in [-0.39, 0.29) is 11.6 Å². The monoisotopic (exact) mass is 695 g/mol. The van der Waals surface area contributed by atoms with Gasteiger partial charge in [-0.1, -0.05) is 89.9 Å². The van der Waals surface area contributed by atoms with Crippen molar-refractivity contribution in [2.24, 2.45) is 0 Å². The molecule has 0 radical (unpaired) electrons. The van der Waals surface area contributed by atoms with Gasteiger partial charge >= 0.3 is 0 Å². The Kier molecular flexibility index (Phi) is 11.9. The Hall–Kier alpha value is -5.02. The average molecular weight is 697 g/mol. The molecule has 242 valence electrons. The zero-order chi connectivity index (χ0) is 33.9. The van der Waals surface area contributed by atoms with Crippen LogP contribution in [-0.2, 0) is 16.2 Å². The Morgan fingerprint density at radius 2 is 1.50 bits per heavy atom. The number of ether oxygens (including phenoxy) is 1. The molecule has 1 unspecified atom stereocenters. The van der Waals surface area contributed by atoms with Crippen LogP contribution in [0, 0.1) is 0 Å². The van der Waals surface area contributed by atoms with Crippen molar-refractivity contribution in [3.8, 4) is 5.75 Å². The van der Waals surface area contributed by atoms with Gasteiger partial charge in [-0.2, -0.15) is 0 Å². The minimum atomic E-state index is -0.521. The van der Waals surface area contributed by atoms with Crippen molar-refractivity contribution in [3.63, 3.8) is 0 Å². The van der Waals surface area contributed by atoms with Gasteiger partial charge in [-0.25, -0.2) is 0 Å². The Morgan fingerprint density at radius 1 is 0.792 bits per heavy atom. The van der Waals surface area contributed by atoms with Gasteiger partial charge in [0.1, 0.15) is 18.1 Å². The smallest absolute Gasteiger partial charge is 0.272 e. The molecule has 3 N–H and O–H groups in total. The first-order valence-electron chi connectivity index (χ1n) is 14.9. The number of carbonyl (C=O) groups excluding carboxylic acids is 3. The van der Waals surface area contributed by atoms with E-state index >= 15 is 0 Å². The van der Waals surface area contributed by atoms with Crippen molar-refractivity contribution in [2.45, 2.75) is 23.7 Å². The van der Waals surface area contributed by atoms with Crippen molar-refractivity contribution in [2.75, 3.05) is 10.6 Å². The van der Waals surface area contributed by atoms with Gasteiger partial charge in [-0.15, -0.1) is 11.8 Å². The summed E-state index contributed by atoms with van der Waals surface area (Å²) in [4.78, 5) is 40.3. The van der Waals surface area contributed by atoms with Crippen LogP contribution in [0.5, 0.6) is 5.75 Å². The molecular weight excluding hydrogens is 665 g/mol. The number of hydrogen-bond donors (Lipinski definition) is 3. The number of rotatable bonds is 12. The lowest BCUT2D eigenvalue weighted by Crippen LogP contribution is -2.30. The molecule has 0 aliphatic carbocycles. The summed E-state index contributed by atoms with van der Waals surface area (Å²) in [5, 5.41) is 8.77. The third-order valence-electron chi connectivity index (χ3n) is 6.93. The molecule has 0 saturated carbocycles. The van der Waals surface area contributed by atoms with E-state index in [1.165, 1.54) is 11.8 Å². The van der Waals surface area contributed by atoms with Crippen LogP contribution in [-0.4, -0.2) is 23.0 Å². The molecule has 0 aliphatic rings. The highest BCUT2D eigenvalue weighted by atomic mass is 35.5. The second-order valence-electron chi connectivity index (χ2n) is 10.6. The van der Waals surface area contributed by atoms with Gasteiger partial charge in [-0.05, 0) is 84.8 Å². The standard InChI is InChI=1S/C38H31Cl2N3O4S/c1-25(36(44)42-34-22-29(39)17-20-33(34)40)48-32-14-8-13-30(23-32)41-38(46)35(43-37(45)28-11-6-3-7-12-28)21-26-15-18-31(19-16-26)47-24-27-9-4-2-5-10-27/h2-23,25H,24H2,1H3,(H,41,46)(H,42,44)(H,43,45)/b35-21+. The molecule has 5 rings (SSSR count). The van der Waals surface area contributed by atoms with Gasteiger partial charge in [0, 0.05) is 21.2 Å². The molecule has 7 nitrogen and oxygen atoms in total. The molecule has 0 aliphatic heterocycles. The topological polar surface area (TPSA) is 96.5 Å². The van der Waals surface area contributed by atoms with E-state index in [2.05, 4.69) is 16.0 Å². The number of thioether (sulfide) groups is 1. The summed E-state index contributed by atoms with van der Waals surface area (Å²) in [6.45, 7) is 2.19. The second kappa shape index (κ2) is 16.7. The molecular formula is C38H31Cl2N3O4S. The van der Waals surface area contributed by atoms with E-state index in [1.54, 1.807) is 73.7 Å². The fraction of sp³-hybridized carbons (Fsp3) is 0.0789. The van der Waals surface area contributed by atoms with Crippen molar-refractivity contribution < 1.29 is 19.1 Å². The minimum absolute atomic E-state index is 0.0472. The molecule has 5 aromatic rings. The summed E-state index contributed by atoms with van der Waals surface area (Å²) in [5.74, 6) is -0.539.